The quantitative estimate of drug-likeness (QED) is 0.726. The number of aliphatic hydroxyl groups excluding tert-OH is 1. The summed E-state index contributed by atoms with van der Waals surface area (Å²) in [6.07, 6.45) is 0. The average molecular weight is 209 g/mol. The Balaban J connectivity index is 2.81. The Morgan fingerprint density at radius 2 is 2.27 bits per heavy atom. The molecule has 0 atom stereocenters. The van der Waals surface area contributed by atoms with Crippen molar-refractivity contribution < 1.29 is 14.6 Å². The van der Waals surface area contributed by atoms with Crippen molar-refractivity contribution in [3.63, 3.8) is 0 Å². The topological polar surface area (TPSA) is 58.6 Å². The predicted molar refractivity (Wildman–Crippen MR) is 56.4 cm³/mol. The van der Waals surface area contributed by atoms with Gasteiger partial charge >= 0.3 is 0 Å². The highest BCUT2D eigenvalue weighted by atomic mass is 16.6. The summed E-state index contributed by atoms with van der Waals surface area (Å²) < 4.78 is 5.03. The Bertz CT molecular complexity index is 350. The van der Waals surface area contributed by atoms with Gasteiger partial charge in [-0.25, -0.2) is 0 Å². The SMILES string of the molecule is CC(=O)NCc1cc(C)ccc1OCO. The largest absolute Gasteiger partial charge is 0.467 e. The van der Waals surface area contributed by atoms with E-state index in [0.717, 1.165) is 11.1 Å². The molecule has 0 unspecified atom stereocenters. The molecule has 0 bridgehead atoms. The summed E-state index contributed by atoms with van der Waals surface area (Å²) >= 11 is 0. The molecule has 82 valence electrons. The Kier molecular flexibility index (Phi) is 4.12. The van der Waals surface area contributed by atoms with Crippen molar-refractivity contribution in [3.05, 3.63) is 29.3 Å². The number of nitrogens with one attached hydrogen (secondary N) is 1. The average Bonchev–Trinajstić information content (AvgIpc) is 2.18. The predicted octanol–water partition coefficient (Wildman–Crippen LogP) is 0.960. The summed E-state index contributed by atoms with van der Waals surface area (Å²) in [6, 6.07) is 5.59. The van der Waals surface area contributed by atoms with Gasteiger partial charge in [0, 0.05) is 19.0 Å². The minimum atomic E-state index is -0.365. The van der Waals surface area contributed by atoms with E-state index in [1.165, 1.54) is 6.92 Å². The maximum absolute atomic E-state index is 10.8. The van der Waals surface area contributed by atoms with Crippen LogP contribution in [0.15, 0.2) is 18.2 Å². The third kappa shape index (κ3) is 3.59. The molecule has 1 rings (SSSR count). The second kappa shape index (κ2) is 5.36. The molecule has 0 aromatic heterocycles. The molecule has 0 aliphatic rings. The van der Waals surface area contributed by atoms with E-state index >= 15 is 0 Å². The normalized spacial score (nSPS) is 9.80. The zero-order valence-corrected chi connectivity index (χ0v) is 8.91. The molecule has 0 saturated heterocycles. The number of aliphatic hydroxyl groups is 1. The van der Waals surface area contributed by atoms with Crippen LogP contribution in [-0.2, 0) is 11.3 Å². The van der Waals surface area contributed by atoms with E-state index in [1.54, 1.807) is 6.07 Å². The van der Waals surface area contributed by atoms with Gasteiger partial charge in [-0.1, -0.05) is 17.7 Å². The van der Waals surface area contributed by atoms with E-state index < -0.39 is 0 Å². The number of carbonyl (C=O) groups excluding carboxylic acids is 1. The number of hydrogen-bond donors (Lipinski definition) is 2. The molecule has 0 spiro atoms. The molecule has 4 nitrogen and oxygen atoms in total. The molecule has 0 radical (unpaired) electrons. The van der Waals surface area contributed by atoms with Crippen molar-refractivity contribution >= 4 is 5.91 Å². The molecular formula is C11H15NO3. The highest BCUT2D eigenvalue weighted by molar-refractivity contribution is 5.72. The Hall–Kier alpha value is -1.55. The van der Waals surface area contributed by atoms with Gasteiger partial charge in [-0.15, -0.1) is 0 Å². The zero-order chi connectivity index (χ0) is 11.3. The zero-order valence-electron chi connectivity index (χ0n) is 8.91. The third-order valence-corrected chi connectivity index (χ3v) is 1.96. The molecule has 4 heteroatoms. The van der Waals surface area contributed by atoms with E-state index in [-0.39, 0.29) is 12.7 Å². The second-order valence-electron chi connectivity index (χ2n) is 3.29. The first kappa shape index (κ1) is 11.5. The van der Waals surface area contributed by atoms with Crippen LogP contribution in [0, 0.1) is 6.92 Å². The van der Waals surface area contributed by atoms with Gasteiger partial charge in [0.05, 0.1) is 0 Å². The third-order valence-electron chi connectivity index (χ3n) is 1.96. The Morgan fingerprint density at radius 3 is 2.87 bits per heavy atom. The number of benzene rings is 1. The Morgan fingerprint density at radius 1 is 1.53 bits per heavy atom. The van der Waals surface area contributed by atoms with Crippen LogP contribution in [0.25, 0.3) is 0 Å². The molecule has 2 N–H and O–H groups in total. The first-order valence-electron chi connectivity index (χ1n) is 4.71. The standard InChI is InChI=1S/C11H15NO3/c1-8-3-4-11(15-7-13)10(5-8)6-12-9(2)14/h3-5,13H,6-7H2,1-2H3,(H,12,14). The van der Waals surface area contributed by atoms with Gasteiger partial charge in [0.15, 0.2) is 6.79 Å². The molecule has 0 heterocycles. The number of ether oxygens (including phenoxy) is 1. The molecule has 0 aliphatic heterocycles. The van der Waals surface area contributed by atoms with Crippen molar-refractivity contribution in [2.75, 3.05) is 6.79 Å². The summed E-state index contributed by atoms with van der Waals surface area (Å²) in [5.74, 6) is 0.503. The number of hydrogen-bond acceptors (Lipinski definition) is 3. The van der Waals surface area contributed by atoms with Gasteiger partial charge in [-0.3, -0.25) is 4.79 Å². The minimum Gasteiger partial charge on any atom is -0.467 e. The minimum absolute atomic E-state index is 0.0912. The van der Waals surface area contributed by atoms with E-state index in [0.29, 0.717) is 12.3 Å². The monoisotopic (exact) mass is 209 g/mol. The fourth-order valence-electron chi connectivity index (χ4n) is 1.28. The highest BCUT2D eigenvalue weighted by Crippen LogP contribution is 2.19. The maximum Gasteiger partial charge on any atom is 0.217 e. The van der Waals surface area contributed by atoms with E-state index in [1.807, 2.05) is 19.1 Å². The smallest absolute Gasteiger partial charge is 0.217 e. The van der Waals surface area contributed by atoms with E-state index in [9.17, 15) is 4.79 Å². The lowest BCUT2D eigenvalue weighted by atomic mass is 10.1. The van der Waals surface area contributed by atoms with Crippen molar-refractivity contribution in [1.82, 2.24) is 5.32 Å². The molecule has 0 fully saturated rings. The van der Waals surface area contributed by atoms with Crippen LogP contribution in [-0.4, -0.2) is 17.8 Å². The summed E-state index contributed by atoms with van der Waals surface area (Å²) in [4.78, 5) is 10.8. The lowest BCUT2D eigenvalue weighted by Gasteiger charge is -2.10. The molecule has 1 amide bonds. The lowest BCUT2D eigenvalue weighted by molar-refractivity contribution is -0.119. The lowest BCUT2D eigenvalue weighted by Crippen LogP contribution is -2.19. The van der Waals surface area contributed by atoms with Crippen molar-refractivity contribution in [1.29, 1.82) is 0 Å². The molecule has 1 aromatic carbocycles. The van der Waals surface area contributed by atoms with Crippen LogP contribution in [0.4, 0.5) is 0 Å². The van der Waals surface area contributed by atoms with Gasteiger partial charge in [0.2, 0.25) is 5.91 Å². The van der Waals surface area contributed by atoms with Crippen molar-refractivity contribution in [2.45, 2.75) is 20.4 Å². The second-order valence-corrected chi connectivity index (χ2v) is 3.29. The van der Waals surface area contributed by atoms with E-state index in [2.05, 4.69) is 5.32 Å². The summed E-state index contributed by atoms with van der Waals surface area (Å²) in [6.45, 7) is 3.46. The Labute approximate surface area is 88.9 Å². The van der Waals surface area contributed by atoms with Crippen LogP contribution in [0.3, 0.4) is 0 Å². The van der Waals surface area contributed by atoms with E-state index in [4.69, 9.17) is 9.84 Å². The first-order valence-corrected chi connectivity index (χ1v) is 4.71. The molecule has 15 heavy (non-hydrogen) atoms. The molecule has 0 saturated carbocycles. The molecule has 1 aromatic rings. The maximum atomic E-state index is 10.8. The number of amides is 1. The summed E-state index contributed by atoms with van der Waals surface area (Å²) in [5, 5.41) is 11.4. The summed E-state index contributed by atoms with van der Waals surface area (Å²) in [7, 11) is 0. The van der Waals surface area contributed by atoms with Crippen LogP contribution in [0.2, 0.25) is 0 Å². The summed E-state index contributed by atoms with van der Waals surface area (Å²) in [5.41, 5.74) is 1.94. The van der Waals surface area contributed by atoms with Gasteiger partial charge in [0.1, 0.15) is 5.75 Å². The van der Waals surface area contributed by atoms with Crippen LogP contribution in [0.1, 0.15) is 18.1 Å². The van der Waals surface area contributed by atoms with Crippen LogP contribution < -0.4 is 10.1 Å². The van der Waals surface area contributed by atoms with Crippen LogP contribution >= 0.6 is 0 Å². The molecular weight excluding hydrogens is 194 g/mol. The highest BCUT2D eigenvalue weighted by Gasteiger charge is 2.04. The van der Waals surface area contributed by atoms with Crippen molar-refractivity contribution in [2.24, 2.45) is 0 Å². The van der Waals surface area contributed by atoms with Crippen molar-refractivity contribution in [3.8, 4) is 5.75 Å². The fraction of sp³-hybridized carbons (Fsp3) is 0.364. The van der Waals surface area contributed by atoms with Gasteiger partial charge in [-0.2, -0.15) is 0 Å². The van der Waals surface area contributed by atoms with Crippen LogP contribution in [0.5, 0.6) is 5.75 Å². The first-order chi connectivity index (χ1) is 7.13. The number of rotatable bonds is 4. The number of carbonyl (C=O) groups is 1. The van der Waals surface area contributed by atoms with Gasteiger partial charge in [0.25, 0.3) is 0 Å². The fourth-order valence-corrected chi connectivity index (χ4v) is 1.28. The molecule has 0 aliphatic carbocycles. The van der Waals surface area contributed by atoms with Gasteiger partial charge < -0.3 is 15.2 Å². The van der Waals surface area contributed by atoms with Gasteiger partial charge in [-0.05, 0) is 13.0 Å². The number of aryl methyl sites for hydroxylation is 1.